The number of benzene rings is 1. The van der Waals surface area contributed by atoms with E-state index in [1.54, 1.807) is 30.0 Å². The van der Waals surface area contributed by atoms with E-state index in [-0.39, 0.29) is 19.0 Å². The first-order chi connectivity index (χ1) is 17.4. The van der Waals surface area contributed by atoms with Crippen LogP contribution in [0, 0.1) is 11.6 Å². The zero-order valence-electron chi connectivity index (χ0n) is 21.3. The molecule has 37 heavy (non-hydrogen) atoms. The molecular formula is C25H33F2N5O4S. The van der Waals surface area contributed by atoms with Gasteiger partial charge in [-0.2, -0.15) is 0 Å². The van der Waals surface area contributed by atoms with Crippen LogP contribution in [0.3, 0.4) is 0 Å². The topological polar surface area (TPSA) is 96.8 Å². The summed E-state index contributed by atoms with van der Waals surface area (Å²) < 4.78 is 63.3. The van der Waals surface area contributed by atoms with Gasteiger partial charge in [-0.3, -0.25) is 4.72 Å². The number of aromatic nitrogens is 2. The Morgan fingerprint density at radius 3 is 2.46 bits per heavy atom. The molecule has 202 valence electrons. The van der Waals surface area contributed by atoms with Gasteiger partial charge in [0.25, 0.3) is 0 Å². The van der Waals surface area contributed by atoms with Gasteiger partial charge in [-0.15, -0.1) is 0 Å². The quantitative estimate of drug-likeness (QED) is 0.487. The Bertz CT molecular complexity index is 1420. The molecule has 1 aliphatic rings. The maximum Gasteiger partial charge on any atom is 0.410 e. The van der Waals surface area contributed by atoms with Gasteiger partial charge in [-0.05, 0) is 57.5 Å². The Balaban J connectivity index is 0.00000400. The van der Waals surface area contributed by atoms with Crippen molar-refractivity contribution in [2.45, 2.75) is 39.7 Å². The van der Waals surface area contributed by atoms with Gasteiger partial charge >= 0.3 is 6.09 Å². The predicted molar refractivity (Wildman–Crippen MR) is 141 cm³/mol. The minimum atomic E-state index is -3.76. The molecular weight excluding hydrogens is 504 g/mol. The normalized spacial score (nSPS) is 14.8. The number of carbonyl (C=O) groups excluding carboxylic acids is 1. The van der Waals surface area contributed by atoms with Crippen molar-refractivity contribution < 1.29 is 28.2 Å². The number of anilines is 2. The first-order valence-electron chi connectivity index (χ1n) is 12.1. The molecule has 1 aliphatic heterocycles. The zero-order valence-corrected chi connectivity index (χ0v) is 22.1. The monoisotopic (exact) mass is 537 g/mol. The van der Waals surface area contributed by atoms with E-state index in [1.165, 1.54) is 10.8 Å². The average molecular weight is 538 g/mol. The first-order valence-corrected chi connectivity index (χ1v) is 13.7. The number of hydrogen-bond acceptors (Lipinski definition) is 6. The standard InChI is InChI=1S/C25H31F2N5O4S.H2/c1-5-16-37(34,35)29-19-7-6-17(26)23(22(19)27)32-11-10-18-20(32)8-9-21(28-18)30-12-14-31(15-13-30)24(33)36-25(2,3)4;/h6-11,29H,5,12-16H2,1-4H3;1H. The largest absolute Gasteiger partial charge is 0.444 e. The molecule has 0 atom stereocenters. The summed E-state index contributed by atoms with van der Waals surface area (Å²) in [6, 6.07) is 7.21. The Morgan fingerprint density at radius 2 is 1.81 bits per heavy atom. The molecule has 12 heteroatoms. The second-order valence-electron chi connectivity index (χ2n) is 9.89. The molecule has 1 fully saturated rings. The molecule has 1 amide bonds. The molecule has 4 rings (SSSR count). The van der Waals surface area contributed by atoms with E-state index >= 15 is 4.39 Å². The number of pyridine rings is 1. The molecule has 0 unspecified atom stereocenters. The molecule has 0 spiro atoms. The van der Waals surface area contributed by atoms with E-state index < -0.39 is 32.9 Å². The van der Waals surface area contributed by atoms with E-state index in [9.17, 15) is 17.6 Å². The van der Waals surface area contributed by atoms with Crippen LogP contribution in [0.4, 0.5) is 25.1 Å². The molecule has 3 aromatic rings. The number of sulfonamides is 1. The van der Waals surface area contributed by atoms with Gasteiger partial charge < -0.3 is 19.1 Å². The fraction of sp³-hybridized carbons (Fsp3) is 0.440. The summed E-state index contributed by atoms with van der Waals surface area (Å²) in [6.07, 6.45) is 1.50. The number of nitrogens with zero attached hydrogens (tertiary/aromatic N) is 4. The number of nitrogens with one attached hydrogen (secondary N) is 1. The number of carbonyl (C=O) groups is 1. The number of hydrogen-bond donors (Lipinski definition) is 1. The summed E-state index contributed by atoms with van der Waals surface area (Å²) in [5, 5.41) is 0. The maximum atomic E-state index is 15.3. The van der Waals surface area contributed by atoms with Crippen LogP contribution in [0.25, 0.3) is 16.7 Å². The van der Waals surface area contributed by atoms with Crippen molar-refractivity contribution in [3.63, 3.8) is 0 Å². The van der Waals surface area contributed by atoms with Crippen molar-refractivity contribution in [1.29, 1.82) is 0 Å². The van der Waals surface area contributed by atoms with Crippen LogP contribution in [0.2, 0.25) is 0 Å². The van der Waals surface area contributed by atoms with Crippen LogP contribution in [0.1, 0.15) is 35.5 Å². The number of fused-ring (bicyclic) bond motifs is 1. The summed E-state index contributed by atoms with van der Waals surface area (Å²) in [4.78, 5) is 20.7. The second kappa shape index (κ2) is 10.2. The van der Waals surface area contributed by atoms with Crippen LogP contribution in [0.5, 0.6) is 0 Å². The highest BCUT2D eigenvalue weighted by molar-refractivity contribution is 7.92. The molecule has 3 heterocycles. The number of piperazine rings is 1. The highest BCUT2D eigenvalue weighted by atomic mass is 32.2. The third kappa shape index (κ3) is 5.95. The summed E-state index contributed by atoms with van der Waals surface area (Å²) in [7, 11) is -3.76. The molecule has 1 N–H and O–H groups in total. The van der Waals surface area contributed by atoms with E-state index in [2.05, 4.69) is 9.71 Å². The lowest BCUT2D eigenvalue weighted by Crippen LogP contribution is -2.50. The summed E-state index contributed by atoms with van der Waals surface area (Å²) >= 11 is 0. The van der Waals surface area contributed by atoms with Crippen molar-refractivity contribution >= 4 is 38.7 Å². The minimum absolute atomic E-state index is 0. The van der Waals surface area contributed by atoms with Gasteiger partial charge in [0.1, 0.15) is 22.9 Å². The highest BCUT2D eigenvalue weighted by Gasteiger charge is 2.27. The van der Waals surface area contributed by atoms with E-state index in [4.69, 9.17) is 4.74 Å². The third-order valence-corrected chi connectivity index (χ3v) is 7.31. The Labute approximate surface area is 216 Å². The van der Waals surface area contributed by atoms with Crippen LogP contribution in [-0.2, 0) is 14.8 Å². The van der Waals surface area contributed by atoms with Gasteiger partial charge in [-0.1, -0.05) is 6.92 Å². The molecule has 9 nitrogen and oxygen atoms in total. The Hall–Kier alpha value is -3.41. The number of rotatable bonds is 6. The van der Waals surface area contributed by atoms with Crippen molar-refractivity contribution in [2.24, 2.45) is 0 Å². The molecule has 2 aromatic heterocycles. The fourth-order valence-corrected chi connectivity index (χ4v) is 5.28. The number of ether oxygens (including phenoxy) is 1. The molecule has 1 aromatic carbocycles. The fourth-order valence-electron chi connectivity index (χ4n) is 4.15. The lowest BCUT2D eigenvalue weighted by Gasteiger charge is -2.36. The molecule has 0 saturated carbocycles. The van der Waals surface area contributed by atoms with Crippen LogP contribution in [0.15, 0.2) is 36.5 Å². The molecule has 1 saturated heterocycles. The second-order valence-corrected chi connectivity index (χ2v) is 11.7. The smallest absolute Gasteiger partial charge is 0.410 e. The van der Waals surface area contributed by atoms with Gasteiger partial charge in [0, 0.05) is 33.8 Å². The number of halogens is 2. The van der Waals surface area contributed by atoms with E-state index in [1.807, 2.05) is 25.7 Å². The van der Waals surface area contributed by atoms with Gasteiger partial charge in [0.15, 0.2) is 5.82 Å². The Kier molecular flexibility index (Phi) is 7.31. The van der Waals surface area contributed by atoms with Crippen molar-refractivity contribution in [3.8, 4) is 5.69 Å². The van der Waals surface area contributed by atoms with Crippen molar-refractivity contribution in [3.05, 3.63) is 48.2 Å². The highest BCUT2D eigenvalue weighted by Crippen LogP contribution is 2.30. The minimum Gasteiger partial charge on any atom is -0.444 e. The Morgan fingerprint density at radius 1 is 1.11 bits per heavy atom. The van der Waals surface area contributed by atoms with Gasteiger partial charge in [0.05, 0.1) is 22.5 Å². The average Bonchev–Trinajstić information content (AvgIpc) is 3.23. The summed E-state index contributed by atoms with van der Waals surface area (Å²) in [6.45, 7) is 9.24. The predicted octanol–water partition coefficient (Wildman–Crippen LogP) is 4.76. The first kappa shape index (κ1) is 26.6. The maximum absolute atomic E-state index is 15.3. The lowest BCUT2D eigenvalue weighted by atomic mass is 10.2. The van der Waals surface area contributed by atoms with Crippen molar-refractivity contribution in [2.75, 3.05) is 41.6 Å². The SMILES string of the molecule is CCCS(=O)(=O)Nc1ccc(F)c(-n2ccc3nc(N4CCN(C(=O)OC(C)(C)C)CC4)ccc32)c1F.[HH]. The summed E-state index contributed by atoms with van der Waals surface area (Å²) in [5.74, 6) is -1.35. The molecule has 0 aliphatic carbocycles. The van der Waals surface area contributed by atoms with E-state index in [0.717, 1.165) is 12.1 Å². The van der Waals surface area contributed by atoms with Gasteiger partial charge in [0.2, 0.25) is 10.0 Å². The lowest BCUT2D eigenvalue weighted by molar-refractivity contribution is 0.0240. The third-order valence-electron chi connectivity index (χ3n) is 5.83. The molecule has 0 radical (unpaired) electrons. The van der Waals surface area contributed by atoms with Crippen LogP contribution < -0.4 is 9.62 Å². The van der Waals surface area contributed by atoms with Crippen molar-refractivity contribution in [1.82, 2.24) is 14.5 Å². The number of amides is 1. The zero-order chi connectivity index (χ0) is 27.0. The van der Waals surface area contributed by atoms with E-state index in [0.29, 0.717) is 49.5 Å². The van der Waals surface area contributed by atoms with Crippen LogP contribution in [-0.4, -0.2) is 66.5 Å². The van der Waals surface area contributed by atoms with Crippen LogP contribution >= 0.6 is 0 Å². The summed E-state index contributed by atoms with van der Waals surface area (Å²) in [5.41, 5.74) is -0.302. The molecule has 0 bridgehead atoms. The van der Waals surface area contributed by atoms with Gasteiger partial charge in [-0.25, -0.2) is 27.0 Å².